The van der Waals surface area contributed by atoms with Gasteiger partial charge in [-0.3, -0.25) is 9.89 Å². The molecule has 1 heterocycles. The van der Waals surface area contributed by atoms with Crippen LogP contribution in [0.2, 0.25) is 0 Å². The number of nitrogens with one attached hydrogen (secondary N) is 2. The number of amides is 1. The lowest BCUT2D eigenvalue weighted by molar-refractivity contribution is 0.102. The van der Waals surface area contributed by atoms with Gasteiger partial charge in [0.15, 0.2) is 0 Å². The van der Waals surface area contributed by atoms with Crippen LogP contribution in [0.1, 0.15) is 15.9 Å². The van der Waals surface area contributed by atoms with Gasteiger partial charge in [-0.25, -0.2) is 0 Å². The van der Waals surface area contributed by atoms with Crippen LogP contribution >= 0.6 is 0 Å². The van der Waals surface area contributed by atoms with Gasteiger partial charge in [0.05, 0.1) is 20.4 Å². The summed E-state index contributed by atoms with van der Waals surface area (Å²) in [5.74, 6) is 0.519. The van der Waals surface area contributed by atoms with Crippen molar-refractivity contribution in [1.29, 1.82) is 5.26 Å². The van der Waals surface area contributed by atoms with Gasteiger partial charge in [0.1, 0.15) is 34.5 Å². The Hall–Kier alpha value is -3.01. The van der Waals surface area contributed by atoms with Gasteiger partial charge in [0.25, 0.3) is 5.91 Å². The molecule has 7 nitrogen and oxygen atoms in total. The van der Waals surface area contributed by atoms with Crippen molar-refractivity contribution in [3.8, 4) is 17.6 Å². The molecule has 1 aromatic heterocycles. The molecule has 1 aromatic carbocycles. The van der Waals surface area contributed by atoms with Crippen LogP contribution in [0.15, 0.2) is 24.4 Å². The fourth-order valence-electron chi connectivity index (χ4n) is 1.72. The predicted molar refractivity (Wildman–Crippen MR) is 70.8 cm³/mol. The number of aromatic amines is 1. The average molecular weight is 272 g/mol. The molecular formula is C13H12N4O3. The van der Waals surface area contributed by atoms with Gasteiger partial charge in [0, 0.05) is 0 Å². The van der Waals surface area contributed by atoms with Crippen LogP contribution in [0, 0.1) is 11.3 Å². The molecule has 0 radical (unpaired) electrons. The lowest BCUT2D eigenvalue weighted by atomic mass is 10.1. The Balaban J connectivity index is 2.37. The molecule has 2 aromatic rings. The largest absolute Gasteiger partial charge is 0.496 e. The van der Waals surface area contributed by atoms with Crippen molar-refractivity contribution in [2.24, 2.45) is 0 Å². The maximum atomic E-state index is 12.3. The number of carbonyl (C=O) groups excluding carboxylic acids is 1. The summed E-state index contributed by atoms with van der Waals surface area (Å²) >= 11 is 0. The highest BCUT2D eigenvalue weighted by Crippen LogP contribution is 2.29. The van der Waals surface area contributed by atoms with E-state index in [1.165, 1.54) is 20.4 Å². The van der Waals surface area contributed by atoms with Crippen LogP contribution in [0.3, 0.4) is 0 Å². The molecule has 0 aliphatic rings. The Labute approximate surface area is 115 Å². The number of methoxy groups -OCH3 is 2. The number of hydrogen-bond acceptors (Lipinski definition) is 5. The zero-order valence-corrected chi connectivity index (χ0v) is 10.9. The first-order valence-electron chi connectivity index (χ1n) is 5.67. The molecular weight excluding hydrogens is 260 g/mol. The number of nitriles is 1. The van der Waals surface area contributed by atoms with Gasteiger partial charge in [0.2, 0.25) is 0 Å². The summed E-state index contributed by atoms with van der Waals surface area (Å²) in [5.41, 5.74) is 0.489. The second kappa shape index (κ2) is 5.75. The zero-order valence-electron chi connectivity index (χ0n) is 10.9. The number of ether oxygens (including phenoxy) is 2. The number of anilines is 1. The number of rotatable bonds is 4. The minimum Gasteiger partial charge on any atom is -0.496 e. The van der Waals surface area contributed by atoms with Crippen molar-refractivity contribution in [2.75, 3.05) is 19.5 Å². The Morgan fingerprint density at radius 1 is 1.35 bits per heavy atom. The van der Waals surface area contributed by atoms with E-state index in [1.807, 2.05) is 6.07 Å². The topological polar surface area (TPSA) is 100 Å². The van der Waals surface area contributed by atoms with E-state index in [0.717, 1.165) is 0 Å². The molecule has 0 bridgehead atoms. The third-order valence-corrected chi connectivity index (χ3v) is 2.65. The standard InChI is InChI=1S/C13H12N4O3/c1-19-9-4-3-5-10(20-2)11(9)13(18)16-12-8(6-14)7-15-17-12/h3-5,7H,1-2H3,(H2,15,16,17,18). The van der Waals surface area contributed by atoms with Crippen LogP contribution in [0.25, 0.3) is 0 Å². The fourth-order valence-corrected chi connectivity index (χ4v) is 1.72. The van der Waals surface area contributed by atoms with E-state index in [0.29, 0.717) is 11.5 Å². The second-order valence-electron chi connectivity index (χ2n) is 3.76. The van der Waals surface area contributed by atoms with Gasteiger partial charge < -0.3 is 14.8 Å². The van der Waals surface area contributed by atoms with Gasteiger partial charge in [-0.15, -0.1) is 0 Å². The zero-order chi connectivity index (χ0) is 14.5. The molecule has 7 heteroatoms. The number of carbonyl (C=O) groups is 1. The summed E-state index contributed by atoms with van der Waals surface area (Å²) in [4.78, 5) is 12.3. The van der Waals surface area contributed by atoms with Crippen molar-refractivity contribution in [3.05, 3.63) is 35.5 Å². The van der Waals surface area contributed by atoms with Crippen LogP contribution in [0.5, 0.6) is 11.5 Å². The van der Waals surface area contributed by atoms with Crippen LogP contribution in [-0.4, -0.2) is 30.3 Å². The van der Waals surface area contributed by atoms with E-state index in [1.54, 1.807) is 18.2 Å². The molecule has 0 atom stereocenters. The Morgan fingerprint density at radius 2 is 2.00 bits per heavy atom. The molecule has 20 heavy (non-hydrogen) atoms. The molecule has 0 saturated carbocycles. The summed E-state index contributed by atoms with van der Waals surface area (Å²) in [6, 6.07) is 6.93. The molecule has 1 amide bonds. The summed E-state index contributed by atoms with van der Waals surface area (Å²) in [6.07, 6.45) is 1.33. The first-order chi connectivity index (χ1) is 9.71. The van der Waals surface area contributed by atoms with Crippen molar-refractivity contribution in [2.45, 2.75) is 0 Å². The normalized spacial score (nSPS) is 9.65. The Bertz CT molecular complexity index is 650. The third-order valence-electron chi connectivity index (χ3n) is 2.65. The van der Waals surface area contributed by atoms with E-state index >= 15 is 0 Å². The Kier molecular flexibility index (Phi) is 3.86. The molecule has 0 spiro atoms. The van der Waals surface area contributed by atoms with E-state index < -0.39 is 5.91 Å². The highest BCUT2D eigenvalue weighted by atomic mass is 16.5. The van der Waals surface area contributed by atoms with Crippen molar-refractivity contribution >= 4 is 11.7 Å². The summed E-state index contributed by atoms with van der Waals surface area (Å²) in [6.45, 7) is 0. The molecule has 0 unspecified atom stereocenters. The highest BCUT2D eigenvalue weighted by molar-refractivity contribution is 6.08. The number of aromatic nitrogens is 2. The Morgan fingerprint density at radius 3 is 2.55 bits per heavy atom. The third kappa shape index (κ3) is 2.40. The number of H-pyrrole nitrogens is 1. The molecule has 0 saturated heterocycles. The SMILES string of the molecule is COc1cccc(OC)c1C(=O)Nc1[nH]ncc1C#N. The smallest absolute Gasteiger partial charge is 0.264 e. The molecule has 2 rings (SSSR count). The van der Waals surface area contributed by atoms with Gasteiger partial charge >= 0.3 is 0 Å². The molecule has 0 aliphatic heterocycles. The van der Waals surface area contributed by atoms with E-state index in [9.17, 15) is 4.79 Å². The summed E-state index contributed by atoms with van der Waals surface area (Å²) in [7, 11) is 2.92. The van der Waals surface area contributed by atoms with Gasteiger partial charge in [-0.1, -0.05) is 6.07 Å². The summed E-state index contributed by atoms with van der Waals surface area (Å²) in [5, 5.41) is 17.7. The quantitative estimate of drug-likeness (QED) is 0.879. The maximum Gasteiger partial charge on any atom is 0.264 e. The number of hydrogen-bond donors (Lipinski definition) is 2. The average Bonchev–Trinajstić information content (AvgIpc) is 2.93. The van der Waals surface area contributed by atoms with Gasteiger partial charge in [-0.05, 0) is 12.1 Å². The lowest BCUT2D eigenvalue weighted by Crippen LogP contribution is -2.15. The molecule has 0 fully saturated rings. The minimum absolute atomic E-state index is 0.227. The second-order valence-corrected chi connectivity index (χ2v) is 3.76. The monoisotopic (exact) mass is 272 g/mol. The summed E-state index contributed by atoms with van der Waals surface area (Å²) < 4.78 is 10.3. The predicted octanol–water partition coefficient (Wildman–Crippen LogP) is 1.55. The molecule has 0 aliphatic carbocycles. The first kappa shape index (κ1) is 13.4. The van der Waals surface area contributed by atoms with E-state index in [-0.39, 0.29) is 16.9 Å². The van der Waals surface area contributed by atoms with Crippen LogP contribution in [-0.2, 0) is 0 Å². The van der Waals surface area contributed by atoms with E-state index in [4.69, 9.17) is 14.7 Å². The van der Waals surface area contributed by atoms with Crippen molar-refractivity contribution in [3.63, 3.8) is 0 Å². The van der Waals surface area contributed by atoms with Crippen LogP contribution < -0.4 is 14.8 Å². The lowest BCUT2D eigenvalue weighted by Gasteiger charge is -2.12. The number of benzene rings is 1. The van der Waals surface area contributed by atoms with E-state index in [2.05, 4.69) is 15.5 Å². The molecule has 102 valence electrons. The highest BCUT2D eigenvalue weighted by Gasteiger charge is 2.19. The number of nitrogens with zero attached hydrogens (tertiary/aromatic N) is 2. The minimum atomic E-state index is -0.458. The van der Waals surface area contributed by atoms with Crippen molar-refractivity contribution < 1.29 is 14.3 Å². The first-order valence-corrected chi connectivity index (χ1v) is 5.67. The maximum absolute atomic E-state index is 12.3. The van der Waals surface area contributed by atoms with Gasteiger partial charge in [-0.2, -0.15) is 10.4 Å². The van der Waals surface area contributed by atoms with Crippen LogP contribution in [0.4, 0.5) is 5.82 Å². The molecule has 2 N–H and O–H groups in total. The van der Waals surface area contributed by atoms with Crippen molar-refractivity contribution in [1.82, 2.24) is 10.2 Å². The fraction of sp³-hybridized carbons (Fsp3) is 0.154.